The fourth-order valence-electron chi connectivity index (χ4n) is 3.43. The largest absolute Gasteiger partial charge is 0.357 e. The van der Waals surface area contributed by atoms with Crippen molar-refractivity contribution in [2.24, 2.45) is 12.0 Å². The Morgan fingerprint density at radius 3 is 2.60 bits per heavy atom. The van der Waals surface area contributed by atoms with E-state index in [1.165, 1.54) is 30.6 Å². The molecule has 144 valence electrons. The number of aromatic nitrogens is 2. The minimum Gasteiger partial charge on any atom is -0.357 e. The van der Waals surface area contributed by atoms with Crippen LogP contribution < -0.4 is 10.6 Å². The minimum atomic E-state index is 0. The van der Waals surface area contributed by atoms with E-state index >= 15 is 0 Å². The van der Waals surface area contributed by atoms with Gasteiger partial charge < -0.3 is 15.5 Å². The van der Waals surface area contributed by atoms with Crippen molar-refractivity contribution in [2.75, 3.05) is 26.7 Å². The van der Waals surface area contributed by atoms with Crippen LogP contribution in [0.3, 0.4) is 0 Å². The maximum atomic E-state index is 4.81. The van der Waals surface area contributed by atoms with E-state index < -0.39 is 0 Å². The van der Waals surface area contributed by atoms with E-state index in [2.05, 4.69) is 55.4 Å². The van der Waals surface area contributed by atoms with Crippen LogP contribution in [0.25, 0.3) is 0 Å². The molecular formula is C18H35IN6. The van der Waals surface area contributed by atoms with Crippen molar-refractivity contribution in [3.8, 4) is 0 Å². The van der Waals surface area contributed by atoms with Crippen LogP contribution in [0.2, 0.25) is 0 Å². The van der Waals surface area contributed by atoms with Gasteiger partial charge in [-0.05, 0) is 66.1 Å². The zero-order valence-electron chi connectivity index (χ0n) is 16.6. The molecule has 2 N–H and O–H groups in total. The van der Waals surface area contributed by atoms with Gasteiger partial charge in [0, 0.05) is 31.4 Å². The Kier molecular flexibility index (Phi) is 9.20. The van der Waals surface area contributed by atoms with Gasteiger partial charge in [-0.25, -0.2) is 0 Å². The molecule has 0 aliphatic carbocycles. The standard InChI is InChI=1S/C18H34N6.HI/c1-7-19-18(20-12-16-9-8-10-23(16)5)21-13(2)11-17-14(3)22-24(6)15(17)4;/h13,16H,7-12H2,1-6H3,(H2,19,20,21);1H. The third-order valence-corrected chi connectivity index (χ3v) is 5.03. The molecule has 0 spiro atoms. The molecule has 2 rings (SSSR count). The predicted octanol–water partition coefficient (Wildman–Crippen LogP) is 2.24. The fourth-order valence-corrected chi connectivity index (χ4v) is 3.43. The van der Waals surface area contributed by atoms with Gasteiger partial charge in [-0.3, -0.25) is 9.67 Å². The van der Waals surface area contributed by atoms with Crippen molar-refractivity contribution in [3.63, 3.8) is 0 Å². The van der Waals surface area contributed by atoms with E-state index in [1.54, 1.807) is 0 Å². The molecule has 25 heavy (non-hydrogen) atoms. The van der Waals surface area contributed by atoms with Crippen LogP contribution in [-0.2, 0) is 13.5 Å². The second-order valence-electron chi connectivity index (χ2n) is 7.02. The summed E-state index contributed by atoms with van der Waals surface area (Å²) < 4.78 is 1.96. The van der Waals surface area contributed by atoms with E-state index in [9.17, 15) is 0 Å². The molecule has 1 aromatic heterocycles. The fraction of sp³-hybridized carbons (Fsp3) is 0.778. The number of aliphatic imine (C=N–C) groups is 1. The molecule has 0 saturated carbocycles. The molecular weight excluding hydrogens is 427 g/mol. The van der Waals surface area contributed by atoms with Crippen molar-refractivity contribution in [1.82, 2.24) is 25.3 Å². The van der Waals surface area contributed by atoms with Gasteiger partial charge >= 0.3 is 0 Å². The van der Waals surface area contributed by atoms with Crippen molar-refractivity contribution >= 4 is 29.9 Å². The molecule has 0 aromatic carbocycles. The van der Waals surface area contributed by atoms with Crippen molar-refractivity contribution in [3.05, 3.63) is 17.0 Å². The number of hydrogen-bond acceptors (Lipinski definition) is 3. The lowest BCUT2D eigenvalue weighted by atomic mass is 10.1. The van der Waals surface area contributed by atoms with E-state index in [0.29, 0.717) is 12.1 Å². The first-order valence-electron chi connectivity index (χ1n) is 9.16. The number of likely N-dealkylation sites (tertiary alicyclic amines) is 1. The van der Waals surface area contributed by atoms with Crippen LogP contribution in [0.1, 0.15) is 43.6 Å². The third kappa shape index (κ3) is 6.13. The summed E-state index contributed by atoms with van der Waals surface area (Å²) >= 11 is 0. The number of aryl methyl sites for hydroxylation is 2. The van der Waals surface area contributed by atoms with E-state index in [-0.39, 0.29) is 24.0 Å². The lowest BCUT2D eigenvalue weighted by Gasteiger charge is -2.21. The van der Waals surface area contributed by atoms with E-state index in [1.807, 2.05) is 11.7 Å². The molecule has 2 atom stereocenters. The number of guanidine groups is 1. The molecule has 6 nitrogen and oxygen atoms in total. The first-order valence-corrected chi connectivity index (χ1v) is 9.16. The summed E-state index contributed by atoms with van der Waals surface area (Å²) in [6.07, 6.45) is 3.50. The molecule has 1 aromatic rings. The SMILES string of the molecule is CCNC(=NCC1CCCN1C)NC(C)Cc1c(C)nn(C)c1C.I. The maximum absolute atomic E-state index is 4.81. The third-order valence-electron chi connectivity index (χ3n) is 5.03. The molecule has 1 saturated heterocycles. The average molecular weight is 462 g/mol. The summed E-state index contributed by atoms with van der Waals surface area (Å²) in [6, 6.07) is 0.893. The van der Waals surface area contributed by atoms with Gasteiger partial charge in [-0.2, -0.15) is 5.10 Å². The second-order valence-corrected chi connectivity index (χ2v) is 7.02. The van der Waals surface area contributed by atoms with Crippen LogP contribution in [0.15, 0.2) is 4.99 Å². The van der Waals surface area contributed by atoms with Crippen LogP contribution >= 0.6 is 24.0 Å². The first-order chi connectivity index (χ1) is 11.4. The number of nitrogens with zero attached hydrogens (tertiary/aromatic N) is 4. The number of rotatable bonds is 6. The highest BCUT2D eigenvalue weighted by Gasteiger charge is 2.20. The lowest BCUT2D eigenvalue weighted by molar-refractivity contribution is 0.317. The Morgan fingerprint density at radius 1 is 1.36 bits per heavy atom. The van der Waals surface area contributed by atoms with E-state index in [4.69, 9.17) is 4.99 Å². The Balaban J connectivity index is 0.00000312. The van der Waals surface area contributed by atoms with Gasteiger partial charge in [0.1, 0.15) is 0 Å². The molecule has 7 heteroatoms. The van der Waals surface area contributed by atoms with Crippen molar-refractivity contribution in [1.29, 1.82) is 0 Å². The number of hydrogen-bond donors (Lipinski definition) is 2. The van der Waals surface area contributed by atoms with Crippen LogP contribution in [0.4, 0.5) is 0 Å². The Morgan fingerprint density at radius 2 is 2.08 bits per heavy atom. The predicted molar refractivity (Wildman–Crippen MR) is 116 cm³/mol. The van der Waals surface area contributed by atoms with Crippen molar-refractivity contribution in [2.45, 2.75) is 59.0 Å². The zero-order valence-corrected chi connectivity index (χ0v) is 18.9. The number of halogens is 1. The zero-order chi connectivity index (χ0) is 17.7. The summed E-state index contributed by atoms with van der Waals surface area (Å²) in [6.45, 7) is 11.5. The van der Waals surface area contributed by atoms with Gasteiger partial charge in [-0.15, -0.1) is 24.0 Å². The highest BCUT2D eigenvalue weighted by molar-refractivity contribution is 14.0. The smallest absolute Gasteiger partial charge is 0.191 e. The Hall–Kier alpha value is -0.830. The minimum absolute atomic E-state index is 0. The topological polar surface area (TPSA) is 57.5 Å². The molecule has 1 aliphatic heterocycles. The van der Waals surface area contributed by atoms with Gasteiger partial charge in [0.25, 0.3) is 0 Å². The van der Waals surface area contributed by atoms with Gasteiger partial charge in [0.05, 0.1) is 12.2 Å². The second kappa shape index (κ2) is 10.4. The number of likely N-dealkylation sites (N-methyl/N-ethyl adjacent to an activating group) is 1. The van der Waals surface area contributed by atoms with Crippen molar-refractivity contribution < 1.29 is 0 Å². The summed E-state index contributed by atoms with van der Waals surface area (Å²) in [5.41, 5.74) is 3.71. The molecule has 0 radical (unpaired) electrons. The Labute approximate surface area is 169 Å². The van der Waals surface area contributed by atoms with E-state index in [0.717, 1.165) is 31.2 Å². The molecule has 0 bridgehead atoms. The van der Waals surface area contributed by atoms with Gasteiger partial charge in [0.2, 0.25) is 0 Å². The molecule has 2 unspecified atom stereocenters. The first kappa shape index (κ1) is 22.2. The van der Waals surface area contributed by atoms with Gasteiger partial charge in [0.15, 0.2) is 5.96 Å². The quantitative estimate of drug-likeness (QED) is 0.387. The summed E-state index contributed by atoms with van der Waals surface area (Å²) in [5.74, 6) is 0.921. The molecule has 1 fully saturated rings. The number of nitrogens with one attached hydrogen (secondary N) is 2. The van der Waals surface area contributed by atoms with Crippen LogP contribution in [-0.4, -0.2) is 59.4 Å². The summed E-state index contributed by atoms with van der Waals surface area (Å²) in [7, 11) is 4.21. The normalized spacial score (nSPS) is 19.6. The summed E-state index contributed by atoms with van der Waals surface area (Å²) in [5, 5.41) is 11.4. The summed E-state index contributed by atoms with van der Waals surface area (Å²) in [4.78, 5) is 7.23. The average Bonchev–Trinajstić information content (AvgIpc) is 3.03. The molecule has 2 heterocycles. The highest BCUT2D eigenvalue weighted by Crippen LogP contribution is 2.15. The van der Waals surface area contributed by atoms with Crippen LogP contribution in [0.5, 0.6) is 0 Å². The molecule has 1 aliphatic rings. The maximum Gasteiger partial charge on any atom is 0.191 e. The molecule has 0 amide bonds. The Bertz CT molecular complexity index is 568. The van der Waals surface area contributed by atoms with Gasteiger partial charge in [-0.1, -0.05) is 0 Å². The highest BCUT2D eigenvalue weighted by atomic mass is 127. The monoisotopic (exact) mass is 462 g/mol. The lowest BCUT2D eigenvalue weighted by Crippen LogP contribution is -2.44. The van der Waals surface area contributed by atoms with Crippen LogP contribution in [0, 0.1) is 13.8 Å².